The zero-order valence-corrected chi connectivity index (χ0v) is 19.2. The Morgan fingerprint density at radius 2 is 1.97 bits per heavy atom. The highest BCUT2D eigenvalue weighted by Crippen LogP contribution is 2.40. The molecule has 1 saturated carbocycles. The van der Waals surface area contributed by atoms with E-state index in [4.69, 9.17) is 0 Å². The summed E-state index contributed by atoms with van der Waals surface area (Å²) in [5.74, 6) is 0. The van der Waals surface area contributed by atoms with Gasteiger partial charge in [-0.25, -0.2) is 13.5 Å². The maximum absolute atomic E-state index is 13.1. The molecule has 1 aliphatic heterocycles. The maximum atomic E-state index is 13.1. The van der Waals surface area contributed by atoms with E-state index >= 15 is 0 Å². The number of halogens is 2. The summed E-state index contributed by atoms with van der Waals surface area (Å²) in [6, 6.07) is 4.98. The number of nitrogens with zero attached hydrogens (tertiary/aromatic N) is 5. The van der Waals surface area contributed by atoms with Gasteiger partial charge < -0.3 is 10.2 Å². The van der Waals surface area contributed by atoms with Crippen LogP contribution in [0.15, 0.2) is 23.2 Å². The van der Waals surface area contributed by atoms with Gasteiger partial charge in [0.05, 0.1) is 11.7 Å². The highest BCUT2D eigenvalue weighted by molar-refractivity contribution is 7.97. The van der Waals surface area contributed by atoms with Crippen LogP contribution in [0.3, 0.4) is 0 Å². The fraction of sp³-hybridized carbons (Fsp3) is 0.550. The van der Waals surface area contributed by atoms with E-state index in [-0.39, 0.29) is 10.5 Å². The standard InChI is InChI=1S/C20H25F2N7S2/c1-11-9-28(10-12(2)24-11)15-6-13(31-27-20(3)4-5-20)7-16-14(15)8-23-29(16)19-26-25-18(30-19)17(21)22/h6-8,11-12,17,24,27H,4-5,9-10H2,1-3H3. The van der Waals surface area contributed by atoms with Crippen LogP contribution in [0.25, 0.3) is 16.0 Å². The molecule has 1 saturated heterocycles. The van der Waals surface area contributed by atoms with Gasteiger partial charge in [0.2, 0.25) is 5.13 Å². The summed E-state index contributed by atoms with van der Waals surface area (Å²) in [4.78, 5) is 3.45. The van der Waals surface area contributed by atoms with E-state index in [0.717, 1.165) is 45.9 Å². The highest BCUT2D eigenvalue weighted by atomic mass is 32.2. The van der Waals surface area contributed by atoms with Gasteiger partial charge in [0, 0.05) is 46.7 Å². The fourth-order valence-electron chi connectivity index (χ4n) is 3.95. The minimum Gasteiger partial charge on any atom is -0.368 e. The van der Waals surface area contributed by atoms with Crippen LogP contribution in [-0.2, 0) is 0 Å². The summed E-state index contributed by atoms with van der Waals surface area (Å²) < 4.78 is 31.3. The summed E-state index contributed by atoms with van der Waals surface area (Å²) in [6.45, 7) is 8.36. The number of hydrogen-bond acceptors (Lipinski definition) is 8. The maximum Gasteiger partial charge on any atom is 0.291 e. The molecular formula is C20H25F2N7S2. The van der Waals surface area contributed by atoms with Crippen molar-refractivity contribution in [3.05, 3.63) is 23.3 Å². The monoisotopic (exact) mass is 465 g/mol. The van der Waals surface area contributed by atoms with Crippen molar-refractivity contribution >= 4 is 39.9 Å². The fourth-order valence-corrected chi connectivity index (χ4v) is 5.53. The molecule has 0 spiro atoms. The smallest absolute Gasteiger partial charge is 0.291 e. The molecule has 3 heterocycles. The molecule has 166 valence electrons. The van der Waals surface area contributed by atoms with E-state index in [0.29, 0.717) is 17.2 Å². The van der Waals surface area contributed by atoms with Gasteiger partial charge in [-0.15, -0.1) is 10.2 Å². The number of aromatic nitrogens is 4. The first-order chi connectivity index (χ1) is 14.8. The van der Waals surface area contributed by atoms with Gasteiger partial charge in [0.15, 0.2) is 5.01 Å². The molecule has 0 amide bonds. The minimum atomic E-state index is -2.64. The third kappa shape index (κ3) is 4.28. The lowest BCUT2D eigenvalue weighted by Crippen LogP contribution is -2.54. The second-order valence-corrected chi connectivity index (χ2v) is 10.7. The molecule has 7 nitrogen and oxygen atoms in total. The van der Waals surface area contributed by atoms with Gasteiger partial charge in [-0.3, -0.25) is 4.72 Å². The predicted molar refractivity (Wildman–Crippen MR) is 120 cm³/mol. The molecule has 2 unspecified atom stereocenters. The number of piperazine rings is 1. The van der Waals surface area contributed by atoms with Crippen molar-refractivity contribution < 1.29 is 8.78 Å². The normalized spacial score (nSPS) is 23.1. The van der Waals surface area contributed by atoms with E-state index < -0.39 is 6.43 Å². The van der Waals surface area contributed by atoms with Crippen molar-refractivity contribution in [2.75, 3.05) is 18.0 Å². The Morgan fingerprint density at radius 3 is 2.61 bits per heavy atom. The molecule has 2 N–H and O–H groups in total. The largest absolute Gasteiger partial charge is 0.368 e. The Kier molecular flexibility index (Phi) is 5.40. The van der Waals surface area contributed by atoms with Crippen LogP contribution < -0.4 is 14.9 Å². The Morgan fingerprint density at radius 1 is 1.23 bits per heavy atom. The second-order valence-electron chi connectivity index (χ2n) is 8.79. The van der Waals surface area contributed by atoms with Gasteiger partial charge >= 0.3 is 0 Å². The van der Waals surface area contributed by atoms with Crippen molar-refractivity contribution in [3.63, 3.8) is 0 Å². The third-order valence-electron chi connectivity index (χ3n) is 5.75. The van der Waals surface area contributed by atoms with Crippen LogP contribution in [0.1, 0.15) is 45.0 Å². The van der Waals surface area contributed by atoms with Crippen LogP contribution in [0.5, 0.6) is 0 Å². The lowest BCUT2D eigenvalue weighted by atomic mass is 10.1. The number of alkyl halides is 2. The van der Waals surface area contributed by atoms with Crippen molar-refractivity contribution in [3.8, 4) is 5.13 Å². The predicted octanol–water partition coefficient (Wildman–Crippen LogP) is 4.15. The number of rotatable bonds is 6. The van der Waals surface area contributed by atoms with Crippen LogP contribution in [-0.4, -0.2) is 50.7 Å². The number of benzene rings is 1. The molecule has 5 rings (SSSR count). The first-order valence-corrected chi connectivity index (χ1v) is 12.0. The van der Waals surface area contributed by atoms with Gasteiger partial charge in [0.1, 0.15) is 0 Å². The molecule has 2 atom stereocenters. The summed E-state index contributed by atoms with van der Waals surface area (Å²) in [7, 11) is 0. The number of anilines is 1. The average Bonchev–Trinajstić information content (AvgIpc) is 3.12. The van der Waals surface area contributed by atoms with Gasteiger partial charge in [-0.1, -0.05) is 11.3 Å². The number of nitrogens with one attached hydrogen (secondary N) is 2. The van der Waals surface area contributed by atoms with Crippen LogP contribution in [0.4, 0.5) is 14.5 Å². The van der Waals surface area contributed by atoms with Crippen molar-refractivity contribution in [2.24, 2.45) is 0 Å². The molecule has 0 bridgehead atoms. The average molecular weight is 466 g/mol. The van der Waals surface area contributed by atoms with Crippen LogP contribution in [0, 0.1) is 0 Å². The summed E-state index contributed by atoms with van der Waals surface area (Å²) in [6.07, 6.45) is 1.50. The van der Waals surface area contributed by atoms with Crippen LogP contribution in [0.2, 0.25) is 0 Å². The van der Waals surface area contributed by atoms with E-state index in [1.165, 1.54) is 12.8 Å². The topological polar surface area (TPSA) is 70.9 Å². The molecule has 2 aliphatic rings. The van der Waals surface area contributed by atoms with Crippen molar-refractivity contribution in [1.29, 1.82) is 0 Å². The quantitative estimate of drug-likeness (QED) is 0.530. The molecule has 11 heteroatoms. The van der Waals surface area contributed by atoms with E-state index in [1.54, 1.807) is 22.8 Å². The number of hydrogen-bond donors (Lipinski definition) is 2. The summed E-state index contributed by atoms with van der Waals surface area (Å²) in [5, 5.41) is 16.7. The lowest BCUT2D eigenvalue weighted by Gasteiger charge is -2.38. The van der Waals surface area contributed by atoms with Gasteiger partial charge in [-0.05, 0) is 57.7 Å². The first kappa shape index (κ1) is 21.0. The molecule has 2 fully saturated rings. The molecule has 1 aromatic carbocycles. The Labute approximate surface area is 187 Å². The highest BCUT2D eigenvalue weighted by Gasteiger charge is 2.37. The zero-order valence-electron chi connectivity index (χ0n) is 17.6. The van der Waals surface area contributed by atoms with E-state index in [1.807, 2.05) is 6.07 Å². The molecule has 3 aromatic rings. The van der Waals surface area contributed by atoms with E-state index in [2.05, 4.69) is 57.1 Å². The summed E-state index contributed by atoms with van der Waals surface area (Å²) >= 11 is 2.49. The Bertz CT molecular complexity index is 1080. The van der Waals surface area contributed by atoms with Crippen molar-refractivity contribution in [1.82, 2.24) is 30.0 Å². The van der Waals surface area contributed by atoms with Gasteiger partial charge in [0.25, 0.3) is 6.43 Å². The SMILES string of the molecule is CC1CN(c2cc(SNC3(C)CC3)cc3c2cnn3-c2nnc(C(F)F)s2)CC(C)N1. The zero-order chi connectivity index (χ0) is 21.8. The Hall–Kier alpha value is -1.82. The van der Waals surface area contributed by atoms with E-state index in [9.17, 15) is 8.78 Å². The Balaban J connectivity index is 1.58. The third-order valence-corrected chi connectivity index (χ3v) is 7.72. The molecule has 1 aliphatic carbocycles. The number of fused-ring (bicyclic) bond motifs is 1. The molecule has 0 radical (unpaired) electrons. The van der Waals surface area contributed by atoms with Crippen LogP contribution >= 0.6 is 23.3 Å². The second kappa shape index (κ2) is 7.95. The van der Waals surface area contributed by atoms with Crippen molar-refractivity contribution in [2.45, 2.75) is 62.6 Å². The first-order valence-electron chi connectivity index (χ1n) is 10.4. The van der Waals surface area contributed by atoms with Gasteiger partial charge in [-0.2, -0.15) is 5.10 Å². The minimum absolute atomic E-state index is 0.184. The summed E-state index contributed by atoms with van der Waals surface area (Å²) in [5.41, 5.74) is 2.13. The lowest BCUT2D eigenvalue weighted by molar-refractivity contribution is 0.150. The molecule has 31 heavy (non-hydrogen) atoms. The molecular weight excluding hydrogens is 440 g/mol. The molecule has 2 aromatic heterocycles.